The fraction of sp³-hybridized carbons (Fsp3) is 0.500. The van der Waals surface area contributed by atoms with E-state index in [-0.39, 0.29) is 12.6 Å². The molecule has 1 aliphatic rings. The van der Waals surface area contributed by atoms with Gasteiger partial charge in [-0.15, -0.1) is 0 Å². The first kappa shape index (κ1) is 23.2. The van der Waals surface area contributed by atoms with Crippen molar-refractivity contribution in [2.45, 2.75) is 26.0 Å². The SMILES string of the molecule is CCOc1ccccc1OCC(O)CN1CCOCC1COc1ccccc1OCC. The molecule has 1 fully saturated rings. The third kappa shape index (κ3) is 7.02. The van der Waals surface area contributed by atoms with Gasteiger partial charge in [0.05, 0.1) is 32.5 Å². The predicted octanol–water partition coefficient (Wildman–Crippen LogP) is 3.00. The van der Waals surface area contributed by atoms with E-state index in [0.717, 1.165) is 12.3 Å². The van der Waals surface area contributed by atoms with E-state index in [0.29, 0.717) is 56.8 Å². The third-order valence-electron chi connectivity index (χ3n) is 4.96. The Labute approximate surface area is 184 Å². The molecule has 2 aromatic rings. The lowest BCUT2D eigenvalue weighted by atomic mass is 10.2. The molecule has 2 unspecified atom stereocenters. The van der Waals surface area contributed by atoms with Gasteiger partial charge in [0.2, 0.25) is 0 Å². The third-order valence-corrected chi connectivity index (χ3v) is 4.96. The molecule has 170 valence electrons. The van der Waals surface area contributed by atoms with Gasteiger partial charge in [0, 0.05) is 13.1 Å². The zero-order valence-corrected chi connectivity index (χ0v) is 18.4. The largest absolute Gasteiger partial charge is 0.490 e. The lowest BCUT2D eigenvalue weighted by Gasteiger charge is -2.36. The molecule has 0 bridgehead atoms. The molecule has 2 aromatic carbocycles. The van der Waals surface area contributed by atoms with Gasteiger partial charge in [-0.1, -0.05) is 24.3 Å². The molecular weight excluding hydrogens is 398 g/mol. The summed E-state index contributed by atoms with van der Waals surface area (Å²) < 4.78 is 28.7. The van der Waals surface area contributed by atoms with Crippen LogP contribution in [-0.4, -0.2) is 74.9 Å². The Balaban J connectivity index is 1.52. The zero-order valence-electron chi connectivity index (χ0n) is 18.4. The summed E-state index contributed by atoms with van der Waals surface area (Å²) in [6.07, 6.45) is -0.647. The topological polar surface area (TPSA) is 69.6 Å². The van der Waals surface area contributed by atoms with E-state index in [1.807, 2.05) is 62.4 Å². The van der Waals surface area contributed by atoms with E-state index in [1.165, 1.54) is 0 Å². The molecule has 0 amide bonds. The number of hydrogen-bond donors (Lipinski definition) is 1. The van der Waals surface area contributed by atoms with Crippen molar-refractivity contribution in [2.75, 3.05) is 52.7 Å². The molecule has 3 rings (SSSR count). The van der Waals surface area contributed by atoms with Crippen LogP contribution in [-0.2, 0) is 4.74 Å². The Bertz CT molecular complexity index is 786. The van der Waals surface area contributed by atoms with Crippen molar-refractivity contribution < 1.29 is 28.8 Å². The van der Waals surface area contributed by atoms with Gasteiger partial charge in [0.25, 0.3) is 0 Å². The number of aliphatic hydroxyl groups excluding tert-OH is 1. The van der Waals surface area contributed by atoms with Crippen LogP contribution in [0.1, 0.15) is 13.8 Å². The van der Waals surface area contributed by atoms with Crippen LogP contribution in [0.2, 0.25) is 0 Å². The molecule has 0 aromatic heterocycles. The summed E-state index contributed by atoms with van der Waals surface area (Å²) in [5.41, 5.74) is 0. The second kappa shape index (κ2) is 12.4. The monoisotopic (exact) mass is 431 g/mol. The fourth-order valence-electron chi connectivity index (χ4n) is 3.47. The molecule has 1 saturated heterocycles. The van der Waals surface area contributed by atoms with Crippen molar-refractivity contribution in [1.29, 1.82) is 0 Å². The number of morpholine rings is 1. The molecular formula is C24H33NO6. The van der Waals surface area contributed by atoms with E-state index in [9.17, 15) is 5.11 Å². The Morgan fingerprint density at radius 3 is 2.03 bits per heavy atom. The van der Waals surface area contributed by atoms with E-state index in [1.54, 1.807) is 0 Å². The van der Waals surface area contributed by atoms with E-state index < -0.39 is 6.10 Å². The normalized spacial score (nSPS) is 17.7. The Morgan fingerprint density at radius 2 is 1.45 bits per heavy atom. The maximum absolute atomic E-state index is 10.6. The summed E-state index contributed by atoms with van der Waals surface area (Å²) in [4.78, 5) is 2.19. The lowest BCUT2D eigenvalue weighted by Crippen LogP contribution is -2.51. The Morgan fingerprint density at radius 1 is 0.903 bits per heavy atom. The molecule has 2 atom stereocenters. The van der Waals surface area contributed by atoms with Gasteiger partial charge < -0.3 is 28.8 Å². The Hall–Kier alpha value is -2.48. The van der Waals surface area contributed by atoms with Crippen LogP contribution in [0.15, 0.2) is 48.5 Å². The molecule has 1 N–H and O–H groups in total. The predicted molar refractivity (Wildman–Crippen MR) is 118 cm³/mol. The van der Waals surface area contributed by atoms with Crippen LogP contribution in [0, 0.1) is 0 Å². The number of nitrogens with zero attached hydrogens (tertiary/aromatic N) is 1. The number of rotatable bonds is 12. The van der Waals surface area contributed by atoms with Crippen molar-refractivity contribution in [1.82, 2.24) is 4.90 Å². The maximum atomic E-state index is 10.6. The van der Waals surface area contributed by atoms with Crippen LogP contribution in [0.3, 0.4) is 0 Å². The van der Waals surface area contributed by atoms with Gasteiger partial charge in [0.1, 0.15) is 19.3 Å². The molecule has 7 heteroatoms. The molecule has 0 saturated carbocycles. The van der Waals surface area contributed by atoms with Crippen LogP contribution in [0.5, 0.6) is 23.0 Å². The number of ether oxygens (including phenoxy) is 5. The quantitative estimate of drug-likeness (QED) is 0.554. The van der Waals surface area contributed by atoms with Crippen LogP contribution in [0.4, 0.5) is 0 Å². The first-order valence-electron chi connectivity index (χ1n) is 10.9. The minimum atomic E-state index is -0.647. The summed E-state index contributed by atoms with van der Waals surface area (Å²) in [5.74, 6) is 2.77. The number of benzene rings is 2. The van der Waals surface area contributed by atoms with Crippen molar-refractivity contribution in [2.24, 2.45) is 0 Å². The highest BCUT2D eigenvalue weighted by molar-refractivity contribution is 5.40. The van der Waals surface area contributed by atoms with Gasteiger partial charge in [0.15, 0.2) is 23.0 Å². The van der Waals surface area contributed by atoms with Crippen molar-refractivity contribution in [3.63, 3.8) is 0 Å². The molecule has 7 nitrogen and oxygen atoms in total. The molecule has 1 heterocycles. The van der Waals surface area contributed by atoms with Crippen molar-refractivity contribution in [3.05, 3.63) is 48.5 Å². The second-order valence-corrected chi connectivity index (χ2v) is 7.26. The van der Waals surface area contributed by atoms with Gasteiger partial charge in [-0.2, -0.15) is 0 Å². The Kier molecular flexibility index (Phi) is 9.27. The summed E-state index contributed by atoms with van der Waals surface area (Å²) in [7, 11) is 0. The van der Waals surface area contributed by atoms with Crippen molar-refractivity contribution in [3.8, 4) is 23.0 Å². The second-order valence-electron chi connectivity index (χ2n) is 7.26. The number of para-hydroxylation sites is 4. The van der Waals surface area contributed by atoms with Crippen molar-refractivity contribution >= 4 is 0 Å². The first-order chi connectivity index (χ1) is 15.2. The van der Waals surface area contributed by atoms with Gasteiger partial charge in [-0.25, -0.2) is 0 Å². The van der Waals surface area contributed by atoms with E-state index in [4.69, 9.17) is 23.7 Å². The summed E-state index contributed by atoms with van der Waals surface area (Å²) in [5, 5.41) is 10.6. The van der Waals surface area contributed by atoms with Gasteiger partial charge in [-0.3, -0.25) is 4.90 Å². The molecule has 1 aliphatic heterocycles. The van der Waals surface area contributed by atoms with Crippen LogP contribution in [0.25, 0.3) is 0 Å². The highest BCUT2D eigenvalue weighted by Crippen LogP contribution is 2.28. The minimum Gasteiger partial charge on any atom is -0.490 e. The van der Waals surface area contributed by atoms with Gasteiger partial charge in [-0.05, 0) is 38.1 Å². The van der Waals surface area contributed by atoms with E-state index in [2.05, 4.69) is 4.90 Å². The standard InChI is InChI=1S/C24H33NO6/c1-3-28-21-9-5-7-11-23(21)30-17-19-16-27-14-13-25(19)15-20(26)18-31-24-12-8-6-10-22(24)29-4-2/h5-12,19-20,26H,3-4,13-18H2,1-2H3. The molecule has 31 heavy (non-hydrogen) atoms. The number of hydrogen-bond acceptors (Lipinski definition) is 7. The highest BCUT2D eigenvalue weighted by atomic mass is 16.5. The average molecular weight is 432 g/mol. The lowest BCUT2D eigenvalue weighted by molar-refractivity contribution is -0.0452. The molecule has 0 aliphatic carbocycles. The molecule has 0 radical (unpaired) electrons. The summed E-state index contributed by atoms with van der Waals surface area (Å²) in [6, 6.07) is 15.2. The number of aliphatic hydroxyl groups is 1. The van der Waals surface area contributed by atoms with Gasteiger partial charge >= 0.3 is 0 Å². The fourth-order valence-corrected chi connectivity index (χ4v) is 3.47. The maximum Gasteiger partial charge on any atom is 0.161 e. The highest BCUT2D eigenvalue weighted by Gasteiger charge is 2.26. The van der Waals surface area contributed by atoms with E-state index >= 15 is 0 Å². The smallest absolute Gasteiger partial charge is 0.161 e. The van der Waals surface area contributed by atoms with Crippen LogP contribution < -0.4 is 18.9 Å². The summed E-state index contributed by atoms with van der Waals surface area (Å²) in [6.45, 7) is 8.04. The summed E-state index contributed by atoms with van der Waals surface area (Å²) >= 11 is 0. The first-order valence-corrected chi connectivity index (χ1v) is 10.9. The number of β-amino-alcohol motifs (C(OH)–C–C–N with tert-alkyl or cyclic N) is 1. The zero-order chi connectivity index (χ0) is 21.9. The molecule has 0 spiro atoms. The minimum absolute atomic E-state index is 0.0359. The van der Waals surface area contributed by atoms with Crippen LogP contribution >= 0.6 is 0 Å². The average Bonchev–Trinajstić information content (AvgIpc) is 2.79.